The number of rotatable bonds is 3. The van der Waals surface area contributed by atoms with E-state index in [9.17, 15) is 18.5 Å². The van der Waals surface area contributed by atoms with Gasteiger partial charge in [0.05, 0.1) is 16.4 Å². The van der Waals surface area contributed by atoms with E-state index < -0.39 is 14.9 Å². The van der Waals surface area contributed by atoms with Crippen LogP contribution in [-0.4, -0.2) is 25.8 Å². The van der Waals surface area contributed by atoms with Crippen LogP contribution in [0, 0.1) is 10.1 Å². The summed E-state index contributed by atoms with van der Waals surface area (Å²) in [5.74, 6) is 0.199. The zero-order valence-electron chi connectivity index (χ0n) is 9.98. The van der Waals surface area contributed by atoms with Gasteiger partial charge in [0, 0.05) is 18.6 Å². The van der Waals surface area contributed by atoms with Crippen LogP contribution >= 0.6 is 0 Å². The molecule has 0 aliphatic carbocycles. The van der Waals surface area contributed by atoms with E-state index in [1.165, 1.54) is 12.1 Å². The van der Waals surface area contributed by atoms with E-state index in [-0.39, 0.29) is 16.5 Å². The Labute approximate surface area is 110 Å². The number of non-ortho nitro benzene ring substituents is 1. The van der Waals surface area contributed by atoms with Crippen molar-refractivity contribution in [2.45, 2.75) is 24.2 Å². The number of hydrogen-bond acceptors (Lipinski definition) is 5. The van der Waals surface area contributed by atoms with Crippen LogP contribution in [0.15, 0.2) is 33.6 Å². The average molecular weight is 284 g/mol. The monoisotopic (exact) mass is 284 g/mol. The number of sulfonamides is 1. The molecule has 102 valence electrons. The van der Waals surface area contributed by atoms with Crippen LogP contribution in [0.5, 0.6) is 0 Å². The second-order valence-corrected chi connectivity index (χ2v) is 5.62. The van der Waals surface area contributed by atoms with Crippen LogP contribution in [0.4, 0.5) is 5.69 Å². The molecule has 1 aromatic rings. The Morgan fingerprint density at radius 2 is 1.89 bits per heavy atom. The molecule has 1 fully saturated rings. The van der Waals surface area contributed by atoms with Gasteiger partial charge in [-0.05, 0) is 25.0 Å². The molecule has 7 nitrogen and oxygen atoms in total. The van der Waals surface area contributed by atoms with Gasteiger partial charge < -0.3 is 4.74 Å². The Hall–Kier alpha value is -1.96. The minimum absolute atomic E-state index is 0.0835. The molecule has 1 aliphatic rings. The minimum Gasteiger partial charge on any atom is -0.480 e. The van der Waals surface area contributed by atoms with E-state index in [4.69, 9.17) is 4.74 Å². The maximum Gasteiger partial charge on any atom is 0.285 e. The number of hydrogen-bond donors (Lipinski definition) is 0. The number of ether oxygens (including phenoxy) is 1. The molecule has 2 rings (SSSR count). The Bertz CT molecular complexity index is 598. The van der Waals surface area contributed by atoms with Crippen LogP contribution in [0.2, 0.25) is 0 Å². The molecule has 0 N–H and O–H groups in total. The summed E-state index contributed by atoms with van der Waals surface area (Å²) in [6, 6.07) is 4.60. The molecule has 0 atom stereocenters. The predicted octanol–water partition coefficient (Wildman–Crippen LogP) is 1.88. The molecule has 1 aliphatic heterocycles. The van der Waals surface area contributed by atoms with E-state index in [2.05, 4.69) is 4.40 Å². The van der Waals surface area contributed by atoms with E-state index in [1.807, 2.05) is 0 Å². The van der Waals surface area contributed by atoms with E-state index in [0.29, 0.717) is 13.0 Å². The highest BCUT2D eigenvalue weighted by Gasteiger charge is 2.18. The van der Waals surface area contributed by atoms with Crippen LogP contribution < -0.4 is 0 Å². The van der Waals surface area contributed by atoms with Crippen molar-refractivity contribution in [3.05, 3.63) is 34.4 Å². The highest BCUT2D eigenvalue weighted by atomic mass is 32.2. The Morgan fingerprint density at radius 3 is 2.42 bits per heavy atom. The van der Waals surface area contributed by atoms with E-state index >= 15 is 0 Å². The van der Waals surface area contributed by atoms with Crippen molar-refractivity contribution < 1.29 is 18.1 Å². The van der Waals surface area contributed by atoms with Crippen LogP contribution in [0.25, 0.3) is 0 Å². The Kier molecular flexibility index (Phi) is 3.79. The summed E-state index contributed by atoms with van der Waals surface area (Å²) in [5, 5.41) is 10.5. The van der Waals surface area contributed by atoms with Gasteiger partial charge in [-0.15, -0.1) is 4.40 Å². The van der Waals surface area contributed by atoms with Gasteiger partial charge in [0.25, 0.3) is 15.7 Å². The maximum atomic E-state index is 11.9. The first-order chi connectivity index (χ1) is 8.99. The third-order valence-electron chi connectivity index (χ3n) is 2.62. The molecule has 0 spiro atoms. The van der Waals surface area contributed by atoms with Gasteiger partial charge in [-0.2, -0.15) is 8.42 Å². The van der Waals surface area contributed by atoms with Gasteiger partial charge in [-0.25, -0.2) is 0 Å². The molecule has 1 aromatic carbocycles. The fraction of sp³-hybridized carbons (Fsp3) is 0.364. The lowest BCUT2D eigenvalue weighted by Gasteiger charge is -2.13. The lowest BCUT2D eigenvalue weighted by molar-refractivity contribution is -0.384. The van der Waals surface area contributed by atoms with Crippen LogP contribution in [0.3, 0.4) is 0 Å². The highest BCUT2D eigenvalue weighted by molar-refractivity contribution is 7.90. The molecule has 8 heteroatoms. The number of nitrogens with zero attached hydrogens (tertiary/aromatic N) is 2. The third kappa shape index (κ3) is 3.28. The zero-order valence-corrected chi connectivity index (χ0v) is 10.8. The molecular formula is C11H12N2O5S. The standard InChI is InChI=1S/C11H12N2O5S/c14-13(15)9-4-6-10(7-5-9)19(16,17)12-11-3-1-2-8-18-11/h4-7H,1-3,8H2/b12-11+. The number of benzene rings is 1. The number of nitro benzene ring substituents is 1. The Balaban J connectivity index is 2.26. The molecule has 0 saturated carbocycles. The smallest absolute Gasteiger partial charge is 0.285 e. The zero-order chi connectivity index (χ0) is 13.9. The topological polar surface area (TPSA) is 98.9 Å². The summed E-state index contributed by atoms with van der Waals surface area (Å²) >= 11 is 0. The maximum absolute atomic E-state index is 11.9. The van der Waals surface area contributed by atoms with Crippen LogP contribution in [0.1, 0.15) is 19.3 Å². The van der Waals surface area contributed by atoms with Crippen molar-refractivity contribution in [2.24, 2.45) is 4.40 Å². The van der Waals surface area contributed by atoms with Crippen molar-refractivity contribution >= 4 is 21.6 Å². The molecule has 0 radical (unpaired) electrons. The average Bonchev–Trinajstić information content (AvgIpc) is 2.39. The first-order valence-corrected chi connectivity index (χ1v) is 7.14. The molecular weight excluding hydrogens is 272 g/mol. The van der Waals surface area contributed by atoms with Crippen molar-refractivity contribution in [2.75, 3.05) is 6.61 Å². The van der Waals surface area contributed by atoms with Crippen LogP contribution in [-0.2, 0) is 14.8 Å². The second-order valence-electron chi connectivity index (χ2n) is 4.02. The van der Waals surface area contributed by atoms with Gasteiger partial charge in [0.2, 0.25) is 0 Å². The first kappa shape index (κ1) is 13.5. The molecule has 1 saturated heterocycles. The van der Waals surface area contributed by atoms with E-state index in [1.54, 1.807) is 0 Å². The molecule has 0 bridgehead atoms. The van der Waals surface area contributed by atoms with Crippen molar-refractivity contribution in [1.29, 1.82) is 0 Å². The summed E-state index contributed by atoms with van der Waals surface area (Å²) in [4.78, 5) is 9.81. The molecule has 19 heavy (non-hydrogen) atoms. The van der Waals surface area contributed by atoms with Gasteiger partial charge in [0.1, 0.15) is 0 Å². The summed E-state index contributed by atoms with van der Waals surface area (Å²) in [5.41, 5.74) is -0.166. The largest absolute Gasteiger partial charge is 0.480 e. The summed E-state index contributed by atoms with van der Waals surface area (Å²) < 4.78 is 32.7. The van der Waals surface area contributed by atoms with Gasteiger partial charge in [-0.3, -0.25) is 10.1 Å². The molecule has 0 unspecified atom stereocenters. The quantitative estimate of drug-likeness (QED) is 0.623. The second kappa shape index (κ2) is 5.35. The summed E-state index contributed by atoms with van der Waals surface area (Å²) in [6.45, 7) is 0.467. The fourth-order valence-corrected chi connectivity index (χ4v) is 2.64. The first-order valence-electron chi connectivity index (χ1n) is 5.70. The van der Waals surface area contributed by atoms with Gasteiger partial charge >= 0.3 is 0 Å². The molecule has 1 heterocycles. The van der Waals surface area contributed by atoms with Gasteiger partial charge in [0.15, 0.2) is 5.90 Å². The Morgan fingerprint density at radius 1 is 1.21 bits per heavy atom. The number of nitro groups is 1. The SMILES string of the molecule is O=[N+]([O-])c1ccc(S(=O)(=O)/N=C2\CCCCO2)cc1. The van der Waals surface area contributed by atoms with Crippen molar-refractivity contribution in [3.63, 3.8) is 0 Å². The highest BCUT2D eigenvalue weighted by Crippen LogP contribution is 2.19. The normalized spacial score (nSPS) is 18.0. The summed E-state index contributed by atoms with van der Waals surface area (Å²) in [7, 11) is -3.86. The van der Waals surface area contributed by atoms with E-state index in [0.717, 1.165) is 25.0 Å². The summed E-state index contributed by atoms with van der Waals surface area (Å²) in [6.07, 6.45) is 2.22. The van der Waals surface area contributed by atoms with Crippen molar-refractivity contribution in [1.82, 2.24) is 0 Å². The van der Waals surface area contributed by atoms with Gasteiger partial charge in [-0.1, -0.05) is 0 Å². The molecule has 0 amide bonds. The minimum atomic E-state index is -3.86. The lowest BCUT2D eigenvalue weighted by Crippen LogP contribution is -2.14. The predicted molar refractivity (Wildman–Crippen MR) is 67.5 cm³/mol. The lowest BCUT2D eigenvalue weighted by atomic mass is 10.2. The fourth-order valence-electron chi connectivity index (χ4n) is 1.64. The molecule has 0 aromatic heterocycles. The third-order valence-corrected chi connectivity index (χ3v) is 3.93. The van der Waals surface area contributed by atoms with Crippen molar-refractivity contribution in [3.8, 4) is 0 Å².